The molecule has 1 aliphatic heterocycles. The summed E-state index contributed by atoms with van der Waals surface area (Å²) in [6.45, 7) is 4.40. The van der Waals surface area contributed by atoms with Gasteiger partial charge in [0.2, 0.25) is 0 Å². The predicted octanol–water partition coefficient (Wildman–Crippen LogP) is 3.00. The molecule has 1 aliphatic rings. The number of hydrogen-bond donors (Lipinski definition) is 1. The molecule has 3 nitrogen and oxygen atoms in total. The third-order valence-corrected chi connectivity index (χ3v) is 3.99. The molecule has 2 atom stereocenters. The van der Waals surface area contributed by atoms with Crippen LogP contribution >= 0.6 is 11.6 Å². The van der Waals surface area contributed by atoms with Crippen LogP contribution in [-0.4, -0.2) is 23.1 Å². The monoisotopic (exact) mass is 261 g/mol. The number of nitrogens with one attached hydrogen (secondary N) is 1. The first-order valence-corrected chi connectivity index (χ1v) is 6.74. The molecule has 0 amide bonds. The molecule has 0 radical (unpaired) electrons. The van der Waals surface area contributed by atoms with Gasteiger partial charge in [0.1, 0.15) is 5.15 Å². The van der Waals surface area contributed by atoms with Crippen LogP contribution in [0.25, 0.3) is 10.8 Å². The average Bonchev–Trinajstić information content (AvgIpc) is 2.39. The largest absolute Gasteiger partial charge is 0.316 e. The molecule has 2 aromatic rings. The van der Waals surface area contributed by atoms with Crippen LogP contribution in [0, 0.1) is 5.92 Å². The lowest BCUT2D eigenvalue weighted by Gasteiger charge is -2.29. The Kier molecular flexibility index (Phi) is 3.18. The number of nitrogens with zero attached hydrogens (tertiary/aromatic N) is 2. The fraction of sp³-hybridized carbons (Fsp3) is 0.429. The van der Waals surface area contributed by atoms with Gasteiger partial charge in [0.15, 0.2) is 0 Å². The van der Waals surface area contributed by atoms with Crippen molar-refractivity contribution in [3.63, 3.8) is 0 Å². The summed E-state index contributed by atoms with van der Waals surface area (Å²) in [4.78, 5) is 8.75. The average molecular weight is 262 g/mol. The van der Waals surface area contributed by atoms with Crippen LogP contribution in [0.1, 0.15) is 25.0 Å². The summed E-state index contributed by atoms with van der Waals surface area (Å²) in [6, 6.07) is 3.93. The van der Waals surface area contributed by atoms with Crippen LogP contribution in [0.2, 0.25) is 5.15 Å². The zero-order valence-electron chi connectivity index (χ0n) is 10.4. The maximum Gasteiger partial charge on any atom is 0.129 e. The molecule has 0 aromatic carbocycles. The third-order valence-electron chi connectivity index (χ3n) is 3.78. The lowest BCUT2D eigenvalue weighted by atomic mass is 9.83. The summed E-state index contributed by atoms with van der Waals surface area (Å²) in [7, 11) is 0. The number of rotatable bonds is 1. The first-order valence-electron chi connectivity index (χ1n) is 6.36. The van der Waals surface area contributed by atoms with E-state index in [2.05, 4.69) is 22.2 Å². The van der Waals surface area contributed by atoms with Gasteiger partial charge in [-0.1, -0.05) is 18.5 Å². The van der Waals surface area contributed by atoms with Crippen LogP contribution in [0.15, 0.2) is 24.5 Å². The molecule has 94 valence electrons. The summed E-state index contributed by atoms with van der Waals surface area (Å²) >= 11 is 6.01. The standard InChI is InChI=1S/C14H16ClN3/c1-9-7-16-4-3-11(9)14-12-6-13(15)18-8-10(12)2-5-17-14/h2,5-6,8-9,11,16H,3-4,7H2,1H3/t9-,11-/m1/s1. The molecule has 4 heteroatoms. The van der Waals surface area contributed by atoms with Crippen molar-refractivity contribution in [3.05, 3.63) is 35.4 Å². The number of aromatic nitrogens is 2. The van der Waals surface area contributed by atoms with Crippen LogP contribution in [0.5, 0.6) is 0 Å². The zero-order chi connectivity index (χ0) is 12.5. The highest BCUT2D eigenvalue weighted by Gasteiger charge is 2.25. The maximum atomic E-state index is 6.01. The Labute approximate surface area is 112 Å². The number of hydrogen-bond acceptors (Lipinski definition) is 3. The Morgan fingerprint density at radius 2 is 2.28 bits per heavy atom. The van der Waals surface area contributed by atoms with Crippen molar-refractivity contribution in [1.82, 2.24) is 15.3 Å². The fourth-order valence-corrected chi connectivity index (χ4v) is 2.94. The third kappa shape index (κ3) is 2.08. The lowest BCUT2D eigenvalue weighted by molar-refractivity contribution is 0.346. The summed E-state index contributed by atoms with van der Waals surface area (Å²) in [5.74, 6) is 1.11. The lowest BCUT2D eigenvalue weighted by Crippen LogP contribution is -2.34. The van der Waals surface area contributed by atoms with E-state index in [0.717, 1.165) is 30.3 Å². The van der Waals surface area contributed by atoms with Gasteiger partial charge in [0.05, 0.1) is 5.69 Å². The Morgan fingerprint density at radius 1 is 1.39 bits per heavy atom. The quantitative estimate of drug-likeness (QED) is 0.802. The Balaban J connectivity index is 2.12. The molecule has 1 saturated heterocycles. The van der Waals surface area contributed by atoms with Gasteiger partial charge in [-0.2, -0.15) is 0 Å². The van der Waals surface area contributed by atoms with Crippen molar-refractivity contribution in [2.75, 3.05) is 13.1 Å². The van der Waals surface area contributed by atoms with Gasteiger partial charge in [-0.15, -0.1) is 0 Å². The first kappa shape index (κ1) is 11.9. The van der Waals surface area contributed by atoms with Gasteiger partial charge in [0.25, 0.3) is 0 Å². The molecular formula is C14H16ClN3. The Hall–Kier alpha value is -1.19. The minimum absolute atomic E-state index is 0.508. The molecule has 0 aliphatic carbocycles. The molecule has 3 heterocycles. The second kappa shape index (κ2) is 4.82. The number of piperidine rings is 1. The SMILES string of the molecule is C[C@@H]1CNCC[C@H]1c1nccc2cnc(Cl)cc12. The summed E-state index contributed by atoms with van der Waals surface area (Å²) in [5.41, 5.74) is 1.17. The Morgan fingerprint density at radius 3 is 3.11 bits per heavy atom. The van der Waals surface area contributed by atoms with E-state index < -0.39 is 0 Å². The topological polar surface area (TPSA) is 37.8 Å². The van der Waals surface area contributed by atoms with Crippen molar-refractivity contribution < 1.29 is 0 Å². The van der Waals surface area contributed by atoms with E-state index in [4.69, 9.17) is 11.6 Å². The molecule has 1 fully saturated rings. The van der Waals surface area contributed by atoms with Gasteiger partial charge in [-0.25, -0.2) is 4.98 Å². The fourth-order valence-electron chi connectivity index (χ4n) is 2.78. The van der Waals surface area contributed by atoms with Crippen molar-refractivity contribution in [1.29, 1.82) is 0 Å². The van der Waals surface area contributed by atoms with E-state index in [1.807, 2.05) is 24.5 Å². The summed E-state index contributed by atoms with van der Waals surface area (Å²) in [5, 5.41) is 6.24. The highest BCUT2D eigenvalue weighted by Crippen LogP contribution is 2.33. The van der Waals surface area contributed by atoms with Crippen LogP contribution in [0.3, 0.4) is 0 Å². The molecule has 0 bridgehead atoms. The van der Waals surface area contributed by atoms with Crippen LogP contribution in [0.4, 0.5) is 0 Å². The minimum atomic E-state index is 0.508. The molecule has 0 saturated carbocycles. The summed E-state index contributed by atoms with van der Waals surface area (Å²) in [6.07, 6.45) is 4.84. The van der Waals surface area contributed by atoms with E-state index in [-0.39, 0.29) is 0 Å². The predicted molar refractivity (Wildman–Crippen MR) is 73.9 cm³/mol. The number of pyridine rings is 2. The van der Waals surface area contributed by atoms with E-state index in [1.165, 1.54) is 5.69 Å². The van der Waals surface area contributed by atoms with E-state index in [1.54, 1.807) is 0 Å². The molecule has 18 heavy (non-hydrogen) atoms. The summed E-state index contributed by atoms with van der Waals surface area (Å²) < 4.78 is 0. The molecule has 1 N–H and O–H groups in total. The van der Waals surface area contributed by atoms with Crippen molar-refractivity contribution in [2.45, 2.75) is 19.3 Å². The second-order valence-corrected chi connectivity index (χ2v) is 5.39. The van der Waals surface area contributed by atoms with Crippen molar-refractivity contribution in [3.8, 4) is 0 Å². The minimum Gasteiger partial charge on any atom is -0.316 e. The highest BCUT2D eigenvalue weighted by atomic mass is 35.5. The van der Waals surface area contributed by atoms with Gasteiger partial charge in [-0.3, -0.25) is 4.98 Å². The van der Waals surface area contributed by atoms with Crippen molar-refractivity contribution in [2.24, 2.45) is 5.92 Å². The van der Waals surface area contributed by atoms with E-state index in [0.29, 0.717) is 17.0 Å². The first-order chi connectivity index (χ1) is 8.75. The number of fused-ring (bicyclic) bond motifs is 1. The number of halogens is 1. The van der Waals surface area contributed by atoms with E-state index >= 15 is 0 Å². The normalized spacial score (nSPS) is 24.3. The molecule has 3 rings (SSSR count). The Bertz CT molecular complexity index is 570. The molecule has 0 unspecified atom stereocenters. The van der Waals surface area contributed by atoms with Gasteiger partial charge in [-0.05, 0) is 37.6 Å². The van der Waals surface area contributed by atoms with Gasteiger partial charge < -0.3 is 5.32 Å². The van der Waals surface area contributed by atoms with E-state index in [9.17, 15) is 0 Å². The maximum absolute atomic E-state index is 6.01. The molecule has 0 spiro atoms. The van der Waals surface area contributed by atoms with Gasteiger partial charge in [0, 0.05) is 29.1 Å². The molecule has 2 aromatic heterocycles. The van der Waals surface area contributed by atoms with Crippen LogP contribution in [-0.2, 0) is 0 Å². The second-order valence-electron chi connectivity index (χ2n) is 5.00. The van der Waals surface area contributed by atoms with Gasteiger partial charge >= 0.3 is 0 Å². The van der Waals surface area contributed by atoms with Crippen molar-refractivity contribution >= 4 is 22.4 Å². The highest BCUT2D eigenvalue weighted by molar-refractivity contribution is 6.30. The molecular weight excluding hydrogens is 246 g/mol. The zero-order valence-corrected chi connectivity index (χ0v) is 11.1. The smallest absolute Gasteiger partial charge is 0.129 e. The van der Waals surface area contributed by atoms with Crippen LogP contribution < -0.4 is 5.32 Å².